The summed E-state index contributed by atoms with van der Waals surface area (Å²) in [6.45, 7) is 12.7. The maximum absolute atomic E-state index is 5.30. The fourth-order valence-electron chi connectivity index (χ4n) is 4.05. The van der Waals surface area contributed by atoms with Crippen LogP contribution in [0.3, 0.4) is 0 Å². The molecule has 1 aliphatic heterocycles. The molecule has 1 N–H and O–H groups in total. The van der Waals surface area contributed by atoms with Crippen LogP contribution < -0.4 is 5.32 Å². The fraction of sp³-hybridized carbons (Fsp3) is 1.00. The first-order chi connectivity index (χ1) is 9.38. The second-order valence-electron chi connectivity index (χ2n) is 8.05. The lowest BCUT2D eigenvalue weighted by Gasteiger charge is -2.53. The molecule has 118 valence electrons. The zero-order valence-electron chi connectivity index (χ0n) is 14.2. The number of methoxy groups -OCH3 is 1. The molecule has 1 aliphatic carbocycles. The minimum atomic E-state index is 0.328. The molecule has 2 rings (SSSR count). The highest BCUT2D eigenvalue weighted by Gasteiger charge is 2.45. The van der Waals surface area contributed by atoms with Crippen molar-refractivity contribution in [1.82, 2.24) is 10.2 Å². The Kier molecular flexibility index (Phi) is 5.14. The second kappa shape index (κ2) is 6.33. The molecule has 2 atom stereocenters. The van der Waals surface area contributed by atoms with E-state index >= 15 is 0 Å². The van der Waals surface area contributed by atoms with Gasteiger partial charge in [-0.3, -0.25) is 4.90 Å². The van der Waals surface area contributed by atoms with Gasteiger partial charge in [0, 0.05) is 44.4 Å². The van der Waals surface area contributed by atoms with E-state index in [-0.39, 0.29) is 0 Å². The van der Waals surface area contributed by atoms with Crippen LogP contribution in [0.15, 0.2) is 0 Å². The molecule has 0 aromatic rings. The average Bonchev–Trinajstić information content (AvgIpc) is 2.82. The standard InChI is InChI=1S/C17H34N2O/c1-14(8-11-20-5)19-13-17(9-6-7-10-17)18-12-15(19)16(2,3)4/h14-15,18H,6-13H2,1-5H3. The van der Waals surface area contributed by atoms with Crippen molar-refractivity contribution >= 4 is 0 Å². The second-order valence-corrected chi connectivity index (χ2v) is 8.05. The summed E-state index contributed by atoms with van der Waals surface area (Å²) in [4.78, 5) is 2.78. The summed E-state index contributed by atoms with van der Waals surface area (Å²) in [5.74, 6) is 0. The number of piperazine rings is 1. The van der Waals surface area contributed by atoms with Crippen molar-refractivity contribution < 1.29 is 4.74 Å². The highest BCUT2D eigenvalue weighted by molar-refractivity contribution is 5.04. The summed E-state index contributed by atoms with van der Waals surface area (Å²) in [5, 5.41) is 3.92. The molecule has 2 aliphatic rings. The highest BCUT2D eigenvalue weighted by Crippen LogP contribution is 2.37. The Labute approximate surface area is 125 Å². The van der Waals surface area contributed by atoms with Crippen LogP contribution in [0, 0.1) is 5.41 Å². The van der Waals surface area contributed by atoms with Gasteiger partial charge in [-0.2, -0.15) is 0 Å². The molecule has 0 bridgehead atoms. The quantitative estimate of drug-likeness (QED) is 0.858. The molecule has 0 aromatic carbocycles. The summed E-state index contributed by atoms with van der Waals surface area (Å²) in [7, 11) is 1.81. The van der Waals surface area contributed by atoms with Crippen molar-refractivity contribution in [3.05, 3.63) is 0 Å². The molecule has 0 amide bonds. The molecule has 1 saturated heterocycles. The lowest BCUT2D eigenvalue weighted by molar-refractivity contribution is -0.0100. The van der Waals surface area contributed by atoms with Crippen LogP contribution in [-0.4, -0.2) is 49.3 Å². The molecule has 20 heavy (non-hydrogen) atoms. The van der Waals surface area contributed by atoms with Crippen LogP contribution in [0.1, 0.15) is 59.8 Å². The van der Waals surface area contributed by atoms with Crippen molar-refractivity contribution in [3.63, 3.8) is 0 Å². The Morgan fingerprint density at radius 1 is 1.30 bits per heavy atom. The van der Waals surface area contributed by atoms with Crippen LogP contribution >= 0.6 is 0 Å². The van der Waals surface area contributed by atoms with E-state index in [4.69, 9.17) is 4.74 Å². The Morgan fingerprint density at radius 3 is 2.50 bits per heavy atom. The predicted molar refractivity (Wildman–Crippen MR) is 85.1 cm³/mol. The van der Waals surface area contributed by atoms with E-state index in [0.717, 1.165) is 19.6 Å². The maximum Gasteiger partial charge on any atom is 0.0477 e. The zero-order valence-corrected chi connectivity index (χ0v) is 14.2. The Hall–Kier alpha value is -0.120. The SMILES string of the molecule is COCCC(C)N1CC2(CCCC2)NCC1C(C)(C)C. The van der Waals surface area contributed by atoms with E-state index in [1.54, 1.807) is 0 Å². The minimum Gasteiger partial charge on any atom is -0.385 e. The van der Waals surface area contributed by atoms with E-state index in [1.807, 2.05) is 7.11 Å². The highest BCUT2D eigenvalue weighted by atomic mass is 16.5. The van der Waals surface area contributed by atoms with E-state index in [9.17, 15) is 0 Å². The molecule has 1 saturated carbocycles. The Balaban J connectivity index is 2.10. The molecule has 0 aromatic heterocycles. The van der Waals surface area contributed by atoms with Crippen LogP contribution in [0.4, 0.5) is 0 Å². The van der Waals surface area contributed by atoms with Crippen molar-refractivity contribution in [2.75, 3.05) is 26.8 Å². The van der Waals surface area contributed by atoms with Gasteiger partial charge in [-0.05, 0) is 31.6 Å². The summed E-state index contributed by atoms with van der Waals surface area (Å²) in [6, 6.07) is 1.24. The van der Waals surface area contributed by atoms with Crippen molar-refractivity contribution in [3.8, 4) is 0 Å². The van der Waals surface area contributed by atoms with Crippen LogP contribution in [0.25, 0.3) is 0 Å². The number of hydrogen-bond acceptors (Lipinski definition) is 3. The van der Waals surface area contributed by atoms with Gasteiger partial charge in [0.1, 0.15) is 0 Å². The first kappa shape index (κ1) is 16.3. The van der Waals surface area contributed by atoms with Crippen molar-refractivity contribution in [2.45, 2.75) is 77.4 Å². The Bertz CT molecular complexity index is 305. The topological polar surface area (TPSA) is 24.5 Å². The minimum absolute atomic E-state index is 0.328. The normalized spacial score (nSPS) is 28.9. The number of nitrogens with one attached hydrogen (secondary N) is 1. The largest absolute Gasteiger partial charge is 0.385 e. The third-order valence-electron chi connectivity index (χ3n) is 5.42. The van der Waals surface area contributed by atoms with Gasteiger partial charge >= 0.3 is 0 Å². The van der Waals surface area contributed by atoms with E-state index in [2.05, 4.69) is 37.9 Å². The van der Waals surface area contributed by atoms with E-state index in [0.29, 0.717) is 23.0 Å². The third kappa shape index (κ3) is 3.55. The van der Waals surface area contributed by atoms with Gasteiger partial charge in [0.25, 0.3) is 0 Å². The van der Waals surface area contributed by atoms with E-state index < -0.39 is 0 Å². The summed E-state index contributed by atoms with van der Waals surface area (Å²) >= 11 is 0. The molecule has 1 heterocycles. The Morgan fingerprint density at radius 2 is 1.95 bits per heavy atom. The van der Waals surface area contributed by atoms with Crippen LogP contribution in [0.2, 0.25) is 0 Å². The average molecular weight is 282 g/mol. The molecular formula is C17H34N2O. The monoisotopic (exact) mass is 282 g/mol. The number of hydrogen-bond donors (Lipinski definition) is 1. The summed E-state index contributed by atoms with van der Waals surface area (Å²) < 4.78 is 5.30. The molecule has 2 fully saturated rings. The van der Waals surface area contributed by atoms with E-state index in [1.165, 1.54) is 32.2 Å². The first-order valence-corrected chi connectivity index (χ1v) is 8.38. The number of nitrogens with zero attached hydrogens (tertiary/aromatic N) is 1. The van der Waals surface area contributed by atoms with Gasteiger partial charge in [0.15, 0.2) is 0 Å². The molecule has 2 unspecified atom stereocenters. The van der Waals surface area contributed by atoms with Gasteiger partial charge in [-0.25, -0.2) is 0 Å². The zero-order chi connectivity index (χ0) is 14.8. The number of ether oxygens (including phenoxy) is 1. The smallest absolute Gasteiger partial charge is 0.0477 e. The van der Waals surface area contributed by atoms with Gasteiger partial charge in [0.2, 0.25) is 0 Å². The first-order valence-electron chi connectivity index (χ1n) is 8.38. The molecular weight excluding hydrogens is 248 g/mol. The summed E-state index contributed by atoms with van der Waals surface area (Å²) in [6.07, 6.45) is 6.65. The lowest BCUT2D eigenvalue weighted by atomic mass is 9.80. The number of rotatable bonds is 4. The molecule has 1 spiro atoms. The fourth-order valence-corrected chi connectivity index (χ4v) is 4.05. The van der Waals surface area contributed by atoms with Gasteiger partial charge in [-0.1, -0.05) is 33.6 Å². The van der Waals surface area contributed by atoms with Crippen LogP contribution in [-0.2, 0) is 4.74 Å². The van der Waals surface area contributed by atoms with Crippen molar-refractivity contribution in [1.29, 1.82) is 0 Å². The molecule has 3 nitrogen and oxygen atoms in total. The summed E-state index contributed by atoms with van der Waals surface area (Å²) in [5.41, 5.74) is 0.734. The van der Waals surface area contributed by atoms with Crippen LogP contribution in [0.5, 0.6) is 0 Å². The molecule has 3 heteroatoms. The van der Waals surface area contributed by atoms with Crippen molar-refractivity contribution in [2.24, 2.45) is 5.41 Å². The van der Waals surface area contributed by atoms with Gasteiger partial charge in [-0.15, -0.1) is 0 Å². The maximum atomic E-state index is 5.30. The lowest BCUT2D eigenvalue weighted by Crippen LogP contribution is -2.67. The predicted octanol–water partition coefficient (Wildman–Crippen LogP) is 3.04. The third-order valence-corrected chi connectivity index (χ3v) is 5.42. The van der Waals surface area contributed by atoms with Gasteiger partial charge < -0.3 is 10.1 Å². The van der Waals surface area contributed by atoms with Gasteiger partial charge in [0.05, 0.1) is 0 Å². The molecule has 0 radical (unpaired) electrons.